The highest BCUT2D eigenvalue weighted by Gasteiger charge is 2.13. The van der Waals surface area contributed by atoms with E-state index in [0.29, 0.717) is 23.5 Å². The number of nitrogens with zero attached hydrogens (tertiary/aromatic N) is 3. The second-order valence-corrected chi connectivity index (χ2v) is 8.89. The van der Waals surface area contributed by atoms with Crippen molar-refractivity contribution in [3.05, 3.63) is 83.7 Å². The Morgan fingerprint density at radius 2 is 1.92 bits per heavy atom. The molecule has 7 nitrogen and oxygen atoms in total. The zero-order chi connectivity index (χ0) is 25.7. The van der Waals surface area contributed by atoms with Crippen LogP contribution < -0.4 is 15.4 Å². The van der Waals surface area contributed by atoms with E-state index in [0.717, 1.165) is 33.5 Å². The molecule has 0 saturated heterocycles. The Labute approximate surface area is 211 Å². The molecule has 182 valence electrons. The maximum atomic E-state index is 13.0. The molecular weight excluding hydrogens is 450 g/mol. The number of aromatic nitrogens is 2. The zero-order valence-electron chi connectivity index (χ0n) is 20.9. The summed E-state index contributed by atoms with van der Waals surface area (Å²) in [6, 6.07) is 20.9. The molecule has 0 saturated carbocycles. The lowest BCUT2D eigenvalue weighted by Crippen LogP contribution is -2.13. The maximum absolute atomic E-state index is 13.0. The largest absolute Gasteiger partial charge is 0.491 e. The van der Waals surface area contributed by atoms with Crippen LogP contribution >= 0.6 is 0 Å². The number of hydrogen-bond acceptors (Lipinski definition) is 6. The minimum atomic E-state index is -0.233. The molecule has 0 aliphatic carbocycles. The van der Waals surface area contributed by atoms with Crippen molar-refractivity contribution < 1.29 is 9.53 Å². The molecule has 0 aliphatic rings. The van der Waals surface area contributed by atoms with Crippen molar-refractivity contribution in [3.63, 3.8) is 0 Å². The van der Waals surface area contributed by atoms with E-state index in [9.17, 15) is 10.1 Å². The van der Waals surface area contributed by atoms with Crippen molar-refractivity contribution in [2.75, 3.05) is 10.6 Å². The second-order valence-electron chi connectivity index (χ2n) is 8.89. The minimum Gasteiger partial charge on any atom is -0.491 e. The molecule has 7 heteroatoms. The smallest absolute Gasteiger partial charge is 0.255 e. The van der Waals surface area contributed by atoms with Crippen molar-refractivity contribution in [3.8, 4) is 11.8 Å². The van der Waals surface area contributed by atoms with E-state index in [1.54, 1.807) is 12.1 Å². The lowest BCUT2D eigenvalue weighted by molar-refractivity contribution is 0.102. The third-order valence-corrected chi connectivity index (χ3v) is 5.84. The highest BCUT2D eigenvalue weighted by atomic mass is 16.5. The molecule has 1 heterocycles. The zero-order valence-corrected chi connectivity index (χ0v) is 20.9. The summed E-state index contributed by atoms with van der Waals surface area (Å²) in [4.78, 5) is 21.8. The van der Waals surface area contributed by atoms with Gasteiger partial charge in [0.25, 0.3) is 5.91 Å². The Morgan fingerprint density at radius 3 is 2.67 bits per heavy atom. The van der Waals surface area contributed by atoms with Crippen LogP contribution in [0.1, 0.15) is 54.6 Å². The van der Waals surface area contributed by atoms with Gasteiger partial charge in [-0.1, -0.05) is 25.1 Å². The highest BCUT2D eigenvalue weighted by Crippen LogP contribution is 2.29. The number of benzene rings is 3. The predicted molar refractivity (Wildman–Crippen MR) is 143 cm³/mol. The van der Waals surface area contributed by atoms with Gasteiger partial charge in [0.1, 0.15) is 17.9 Å². The van der Waals surface area contributed by atoms with E-state index >= 15 is 0 Å². The van der Waals surface area contributed by atoms with Gasteiger partial charge < -0.3 is 15.4 Å². The molecule has 0 spiro atoms. The van der Waals surface area contributed by atoms with E-state index in [4.69, 9.17) is 4.74 Å². The Bertz CT molecular complexity index is 1440. The molecule has 1 atom stereocenters. The molecule has 0 bridgehead atoms. The average Bonchev–Trinajstić information content (AvgIpc) is 2.86. The molecule has 0 radical (unpaired) electrons. The summed E-state index contributed by atoms with van der Waals surface area (Å²) in [7, 11) is 0. The highest BCUT2D eigenvalue weighted by molar-refractivity contribution is 6.04. The summed E-state index contributed by atoms with van der Waals surface area (Å²) in [6.45, 7) is 7.91. The number of nitriles is 1. The SMILES string of the molecule is CCC(C#N)c1cccc(C(=O)Nc2ccc(C)c(Nc3ncnc4cc(OC(C)C)ccc34)c2)c1. The van der Waals surface area contributed by atoms with Crippen LogP contribution in [0.4, 0.5) is 17.2 Å². The molecule has 1 aromatic heterocycles. The summed E-state index contributed by atoms with van der Waals surface area (Å²) < 4.78 is 5.78. The average molecular weight is 480 g/mol. The summed E-state index contributed by atoms with van der Waals surface area (Å²) in [6.07, 6.45) is 2.28. The molecule has 36 heavy (non-hydrogen) atoms. The predicted octanol–water partition coefficient (Wildman–Crippen LogP) is 6.74. The third-order valence-electron chi connectivity index (χ3n) is 5.84. The Morgan fingerprint density at radius 1 is 1.08 bits per heavy atom. The van der Waals surface area contributed by atoms with Crippen molar-refractivity contribution >= 4 is 34.0 Å². The van der Waals surface area contributed by atoms with Gasteiger partial charge >= 0.3 is 0 Å². The Kier molecular flexibility index (Phi) is 7.45. The normalized spacial score (nSPS) is 11.7. The number of carbonyl (C=O) groups excluding carboxylic acids is 1. The number of hydrogen-bond donors (Lipinski definition) is 2. The molecule has 2 N–H and O–H groups in total. The molecule has 1 unspecified atom stereocenters. The number of rotatable bonds is 8. The van der Waals surface area contributed by atoms with Gasteiger partial charge in [0.15, 0.2) is 0 Å². The van der Waals surface area contributed by atoms with Gasteiger partial charge in [-0.05, 0) is 74.7 Å². The minimum absolute atomic E-state index is 0.0735. The first-order chi connectivity index (χ1) is 17.4. The van der Waals surface area contributed by atoms with Crippen LogP contribution in [0.2, 0.25) is 0 Å². The van der Waals surface area contributed by atoms with E-state index in [1.165, 1.54) is 6.33 Å². The molecular formula is C29H29N5O2. The number of fused-ring (bicyclic) bond motifs is 1. The standard InChI is InChI=1S/C29H29N5O2/c1-5-20(16-30)21-7-6-8-22(13-21)29(35)33-23-10-9-19(4)26(14-23)34-28-25-12-11-24(36-18(2)3)15-27(25)31-17-32-28/h6-15,17-18,20H,5H2,1-4H3,(H,33,35)(H,31,32,34). The maximum Gasteiger partial charge on any atom is 0.255 e. The van der Waals surface area contributed by atoms with Gasteiger partial charge in [-0.2, -0.15) is 5.26 Å². The van der Waals surface area contributed by atoms with Crippen molar-refractivity contribution in [2.24, 2.45) is 0 Å². The van der Waals surface area contributed by atoms with Crippen molar-refractivity contribution in [1.82, 2.24) is 9.97 Å². The van der Waals surface area contributed by atoms with Gasteiger partial charge in [0, 0.05) is 28.4 Å². The van der Waals surface area contributed by atoms with Gasteiger partial charge in [0.2, 0.25) is 0 Å². The Hall–Kier alpha value is -4.44. The van der Waals surface area contributed by atoms with E-state index in [-0.39, 0.29) is 17.9 Å². The van der Waals surface area contributed by atoms with Crippen LogP contribution in [0, 0.1) is 18.3 Å². The van der Waals surface area contributed by atoms with Gasteiger partial charge in [-0.25, -0.2) is 9.97 Å². The van der Waals surface area contributed by atoms with E-state index in [1.807, 2.05) is 76.2 Å². The first-order valence-corrected chi connectivity index (χ1v) is 12.0. The summed E-state index contributed by atoms with van der Waals surface area (Å²) in [5.41, 5.74) is 4.60. The lowest BCUT2D eigenvalue weighted by atomic mass is 9.96. The van der Waals surface area contributed by atoms with Crippen molar-refractivity contribution in [2.45, 2.75) is 46.1 Å². The Balaban J connectivity index is 1.56. The number of amides is 1. The summed E-state index contributed by atoms with van der Waals surface area (Å²) >= 11 is 0. The molecule has 4 aromatic rings. The number of nitrogens with one attached hydrogen (secondary N) is 2. The third kappa shape index (κ3) is 5.61. The monoisotopic (exact) mass is 479 g/mol. The molecule has 0 fully saturated rings. The van der Waals surface area contributed by atoms with Gasteiger partial charge in [-0.3, -0.25) is 4.79 Å². The number of anilines is 3. The van der Waals surface area contributed by atoms with Crippen LogP contribution in [-0.2, 0) is 0 Å². The van der Waals surface area contributed by atoms with Crippen LogP contribution in [-0.4, -0.2) is 22.0 Å². The number of aryl methyl sites for hydroxylation is 1. The van der Waals surface area contributed by atoms with E-state index in [2.05, 4.69) is 26.7 Å². The fourth-order valence-corrected chi connectivity index (χ4v) is 3.95. The topological polar surface area (TPSA) is 99.9 Å². The molecule has 0 aliphatic heterocycles. The fraction of sp³-hybridized carbons (Fsp3) is 0.241. The van der Waals surface area contributed by atoms with Gasteiger partial charge in [-0.15, -0.1) is 0 Å². The first kappa shape index (κ1) is 24.7. The quantitative estimate of drug-likeness (QED) is 0.290. The van der Waals surface area contributed by atoms with Crippen LogP contribution in [0.3, 0.4) is 0 Å². The van der Waals surface area contributed by atoms with Crippen LogP contribution in [0.25, 0.3) is 10.9 Å². The summed E-state index contributed by atoms with van der Waals surface area (Å²) in [5.74, 6) is 0.956. The van der Waals surface area contributed by atoms with E-state index < -0.39 is 0 Å². The second kappa shape index (κ2) is 10.9. The number of carbonyl (C=O) groups is 1. The lowest BCUT2D eigenvalue weighted by Gasteiger charge is -2.14. The van der Waals surface area contributed by atoms with Crippen LogP contribution in [0.5, 0.6) is 5.75 Å². The molecule has 3 aromatic carbocycles. The van der Waals surface area contributed by atoms with Crippen molar-refractivity contribution in [1.29, 1.82) is 5.26 Å². The summed E-state index contributed by atoms with van der Waals surface area (Å²) in [5, 5.41) is 16.6. The molecule has 1 amide bonds. The van der Waals surface area contributed by atoms with Gasteiger partial charge in [0.05, 0.1) is 23.6 Å². The fourth-order valence-electron chi connectivity index (χ4n) is 3.95. The molecule has 4 rings (SSSR count). The first-order valence-electron chi connectivity index (χ1n) is 12.0. The number of ether oxygens (including phenoxy) is 1. The van der Waals surface area contributed by atoms with Crippen LogP contribution in [0.15, 0.2) is 67.0 Å².